The number of benzene rings is 3. The number of pyridine rings is 1. The van der Waals surface area contributed by atoms with Gasteiger partial charge in [0.15, 0.2) is 5.12 Å². The van der Waals surface area contributed by atoms with Crippen LogP contribution in [0.4, 0.5) is 0 Å². The average Bonchev–Trinajstić information content (AvgIpc) is 2.90. The van der Waals surface area contributed by atoms with Gasteiger partial charge in [-0.25, -0.2) is 4.98 Å². The van der Waals surface area contributed by atoms with Crippen LogP contribution in [0.2, 0.25) is 5.02 Å². The quantitative estimate of drug-likeness (QED) is 0.208. The van der Waals surface area contributed by atoms with Gasteiger partial charge in [0.1, 0.15) is 0 Å². The minimum absolute atomic E-state index is 0.00188. The predicted octanol–water partition coefficient (Wildman–Crippen LogP) is 7.73. The average molecular weight is 530 g/mol. The van der Waals surface area contributed by atoms with Gasteiger partial charge >= 0.3 is 5.97 Å². The molecule has 0 N–H and O–H groups in total. The first-order chi connectivity index (χ1) is 17.9. The largest absolute Gasteiger partial charge is 0.469 e. The van der Waals surface area contributed by atoms with Crippen LogP contribution in [0.3, 0.4) is 0 Å². The fourth-order valence-electron chi connectivity index (χ4n) is 4.23. The van der Waals surface area contributed by atoms with E-state index in [9.17, 15) is 9.59 Å². The van der Waals surface area contributed by atoms with Crippen molar-refractivity contribution < 1.29 is 14.3 Å². The van der Waals surface area contributed by atoms with Crippen molar-refractivity contribution in [1.82, 2.24) is 4.98 Å². The van der Waals surface area contributed by atoms with Gasteiger partial charge in [-0.3, -0.25) is 9.59 Å². The maximum Gasteiger partial charge on any atom is 0.309 e. The monoisotopic (exact) mass is 529 g/mol. The molecule has 1 heterocycles. The lowest BCUT2D eigenvalue weighted by molar-refractivity contribution is -0.139. The van der Waals surface area contributed by atoms with Crippen molar-refractivity contribution in [2.75, 3.05) is 7.11 Å². The summed E-state index contributed by atoms with van der Waals surface area (Å²) in [6.07, 6.45) is 5.77. The second-order valence-electron chi connectivity index (χ2n) is 8.73. The summed E-state index contributed by atoms with van der Waals surface area (Å²) in [5.74, 6) is -0.259. The van der Waals surface area contributed by atoms with Crippen molar-refractivity contribution in [1.29, 1.82) is 0 Å². The van der Waals surface area contributed by atoms with E-state index in [1.165, 1.54) is 18.9 Å². The van der Waals surface area contributed by atoms with E-state index in [4.69, 9.17) is 21.3 Å². The van der Waals surface area contributed by atoms with E-state index in [1.54, 1.807) is 6.92 Å². The van der Waals surface area contributed by atoms with Gasteiger partial charge in [-0.2, -0.15) is 0 Å². The second-order valence-corrected chi connectivity index (χ2v) is 10.6. The number of nitrogens with zero attached hydrogens (tertiary/aromatic N) is 1. The number of carbonyl (C=O) groups is 2. The Kier molecular flexibility index (Phi) is 9.15. The van der Waals surface area contributed by atoms with E-state index in [1.807, 2.05) is 78.9 Å². The zero-order chi connectivity index (χ0) is 26.2. The number of esters is 1. The van der Waals surface area contributed by atoms with Crippen LogP contribution in [-0.2, 0) is 27.2 Å². The van der Waals surface area contributed by atoms with Crippen molar-refractivity contribution in [3.8, 4) is 0 Å². The first kappa shape index (κ1) is 26.6. The van der Waals surface area contributed by atoms with E-state index in [0.717, 1.165) is 51.7 Å². The number of aryl methyl sites for hydroxylation is 1. The topological polar surface area (TPSA) is 56.3 Å². The third-order valence-corrected chi connectivity index (χ3v) is 7.43. The lowest BCUT2D eigenvalue weighted by Gasteiger charge is -2.17. The predicted molar refractivity (Wildman–Crippen MR) is 154 cm³/mol. The summed E-state index contributed by atoms with van der Waals surface area (Å²) < 4.78 is 4.85. The van der Waals surface area contributed by atoms with Crippen molar-refractivity contribution in [3.63, 3.8) is 0 Å². The van der Waals surface area contributed by atoms with Gasteiger partial charge in [0.05, 0.1) is 24.7 Å². The molecule has 1 atom stereocenters. The first-order valence-electron chi connectivity index (χ1n) is 12.1. The Balaban J connectivity index is 1.52. The van der Waals surface area contributed by atoms with E-state index >= 15 is 0 Å². The molecule has 0 bridgehead atoms. The lowest BCUT2D eigenvalue weighted by Crippen LogP contribution is -2.08. The van der Waals surface area contributed by atoms with E-state index in [0.29, 0.717) is 5.02 Å². The summed E-state index contributed by atoms with van der Waals surface area (Å²) in [5, 5.41) is 1.78. The second kappa shape index (κ2) is 12.7. The zero-order valence-corrected chi connectivity index (χ0v) is 22.4. The Morgan fingerprint density at radius 2 is 1.76 bits per heavy atom. The van der Waals surface area contributed by atoms with Crippen molar-refractivity contribution in [2.45, 2.75) is 31.4 Å². The van der Waals surface area contributed by atoms with E-state index in [-0.39, 0.29) is 22.8 Å². The molecule has 4 rings (SSSR count). The zero-order valence-electron chi connectivity index (χ0n) is 20.8. The van der Waals surface area contributed by atoms with E-state index in [2.05, 4.69) is 12.1 Å². The van der Waals surface area contributed by atoms with Crippen LogP contribution in [0.25, 0.3) is 23.1 Å². The highest BCUT2D eigenvalue weighted by Crippen LogP contribution is 2.35. The van der Waals surface area contributed by atoms with Crippen molar-refractivity contribution in [3.05, 3.63) is 112 Å². The number of hydrogen-bond acceptors (Lipinski definition) is 5. The Morgan fingerprint density at radius 3 is 2.54 bits per heavy atom. The number of ether oxygens (including phenoxy) is 1. The van der Waals surface area contributed by atoms with Crippen LogP contribution in [-0.4, -0.2) is 23.2 Å². The minimum atomic E-state index is -0.259. The molecule has 0 saturated heterocycles. The summed E-state index contributed by atoms with van der Waals surface area (Å²) in [7, 11) is 1.40. The molecule has 0 amide bonds. The molecule has 0 aliphatic rings. The van der Waals surface area contributed by atoms with Crippen molar-refractivity contribution in [2.24, 2.45) is 0 Å². The fraction of sp³-hybridized carbons (Fsp3) is 0.194. The van der Waals surface area contributed by atoms with Gasteiger partial charge in [0.25, 0.3) is 0 Å². The number of aromatic nitrogens is 1. The highest BCUT2D eigenvalue weighted by Gasteiger charge is 2.17. The highest BCUT2D eigenvalue weighted by atomic mass is 35.5. The Labute approximate surface area is 226 Å². The van der Waals surface area contributed by atoms with Crippen LogP contribution < -0.4 is 0 Å². The smallest absolute Gasteiger partial charge is 0.309 e. The highest BCUT2D eigenvalue weighted by molar-refractivity contribution is 8.13. The minimum Gasteiger partial charge on any atom is -0.469 e. The first-order valence-corrected chi connectivity index (χ1v) is 13.3. The van der Waals surface area contributed by atoms with Crippen molar-refractivity contribution >= 4 is 57.5 Å². The molecule has 4 nitrogen and oxygen atoms in total. The molecule has 0 aliphatic carbocycles. The number of fused-ring (bicyclic) bond motifs is 1. The molecule has 37 heavy (non-hydrogen) atoms. The van der Waals surface area contributed by atoms with Gasteiger partial charge in [-0.1, -0.05) is 90.1 Å². The number of halogens is 1. The van der Waals surface area contributed by atoms with Gasteiger partial charge < -0.3 is 4.74 Å². The van der Waals surface area contributed by atoms with Gasteiger partial charge in [-0.05, 0) is 59.4 Å². The van der Waals surface area contributed by atoms with Gasteiger partial charge in [0, 0.05) is 22.6 Å². The van der Waals surface area contributed by atoms with Crippen LogP contribution in [0, 0.1) is 0 Å². The maximum absolute atomic E-state index is 12.1. The lowest BCUT2D eigenvalue weighted by atomic mass is 9.97. The van der Waals surface area contributed by atoms with E-state index < -0.39 is 0 Å². The molecular formula is C31H28ClNO3S. The molecule has 0 unspecified atom stereocenters. The summed E-state index contributed by atoms with van der Waals surface area (Å²) >= 11 is 7.47. The molecule has 0 saturated carbocycles. The number of hydrogen-bond donors (Lipinski definition) is 0. The molecule has 3 aromatic carbocycles. The number of carbonyl (C=O) groups excluding carboxylic acids is 2. The molecule has 0 aliphatic heterocycles. The number of rotatable bonds is 9. The standard InChI is InChI=1S/C31H28ClNO3S/c1-21(34)37-30(17-13-23-7-3-4-8-25(23)19-31(35)36-2)26-9-5-6-22(18-26)10-15-28-16-12-24-11-14-27(32)20-29(24)33-28/h3-12,14-16,18,20,30H,13,17,19H2,1-2H3/b15-10+/t30-/m1/s1. The summed E-state index contributed by atoms with van der Waals surface area (Å²) in [6, 6.07) is 25.8. The molecule has 6 heteroatoms. The molecule has 1 aromatic heterocycles. The van der Waals surface area contributed by atoms with Gasteiger partial charge in [-0.15, -0.1) is 0 Å². The van der Waals surface area contributed by atoms with Crippen LogP contribution in [0.5, 0.6) is 0 Å². The summed E-state index contributed by atoms with van der Waals surface area (Å²) in [6.45, 7) is 1.60. The Hall–Kier alpha value is -3.41. The van der Waals surface area contributed by atoms with Gasteiger partial charge in [0.2, 0.25) is 0 Å². The van der Waals surface area contributed by atoms with Crippen LogP contribution >= 0.6 is 23.4 Å². The molecule has 4 aromatic rings. The number of methoxy groups -OCH3 is 1. The maximum atomic E-state index is 12.1. The molecule has 0 fully saturated rings. The van der Waals surface area contributed by atoms with Crippen LogP contribution in [0.1, 0.15) is 46.5 Å². The SMILES string of the molecule is COC(=O)Cc1ccccc1CC[C@@H](SC(C)=O)c1cccc(/C=C/c2ccc3ccc(Cl)cc3n2)c1. The molecular weight excluding hydrogens is 502 g/mol. The molecule has 0 spiro atoms. The summed E-state index contributed by atoms with van der Waals surface area (Å²) in [5.41, 5.74) is 5.88. The molecule has 0 radical (unpaired) electrons. The normalized spacial score (nSPS) is 12.1. The van der Waals surface area contributed by atoms with Crippen LogP contribution in [0.15, 0.2) is 78.9 Å². The Morgan fingerprint density at radius 1 is 0.973 bits per heavy atom. The third kappa shape index (κ3) is 7.54. The fourth-order valence-corrected chi connectivity index (χ4v) is 5.31. The number of thioether (sulfide) groups is 1. The Bertz CT molecular complexity index is 1450. The third-order valence-electron chi connectivity index (χ3n) is 6.07. The summed E-state index contributed by atoms with van der Waals surface area (Å²) in [4.78, 5) is 28.6. The molecule has 188 valence electrons.